The van der Waals surface area contributed by atoms with Gasteiger partial charge in [-0.3, -0.25) is 9.59 Å². The zero-order valence-electron chi connectivity index (χ0n) is 10.7. The lowest BCUT2D eigenvalue weighted by molar-refractivity contribution is -0.139. The van der Waals surface area contributed by atoms with Crippen molar-refractivity contribution in [2.45, 2.75) is 6.54 Å². The molecule has 0 fully saturated rings. The Balaban J connectivity index is 1.87. The summed E-state index contributed by atoms with van der Waals surface area (Å²) < 4.78 is 5.59. The topological polar surface area (TPSA) is 71.3 Å². The average Bonchev–Trinajstić information content (AvgIpc) is 3.12. The molecule has 2 amide bonds. The summed E-state index contributed by atoms with van der Waals surface area (Å²) in [6.45, 7) is 3.88. The summed E-state index contributed by atoms with van der Waals surface area (Å²) in [7, 11) is 0. The van der Waals surface area contributed by atoms with E-state index in [1.807, 2.05) is 23.6 Å². The predicted octanol–water partition coefficient (Wildman–Crippen LogP) is 1.93. The summed E-state index contributed by atoms with van der Waals surface area (Å²) in [4.78, 5) is 23.8. The van der Waals surface area contributed by atoms with E-state index in [0.29, 0.717) is 5.76 Å². The third-order valence-electron chi connectivity index (χ3n) is 2.46. The van der Waals surface area contributed by atoms with Crippen LogP contribution in [0.5, 0.6) is 0 Å². The van der Waals surface area contributed by atoms with Crippen LogP contribution < -0.4 is 10.6 Å². The van der Waals surface area contributed by atoms with Crippen molar-refractivity contribution in [2.24, 2.45) is 0 Å². The zero-order chi connectivity index (χ0) is 14.4. The van der Waals surface area contributed by atoms with E-state index in [2.05, 4.69) is 17.2 Å². The predicted molar refractivity (Wildman–Crippen MR) is 77.1 cm³/mol. The smallest absolute Gasteiger partial charge is 0.309 e. The van der Waals surface area contributed by atoms with Crippen LogP contribution in [0.4, 0.5) is 0 Å². The lowest BCUT2D eigenvalue weighted by atomic mass is 10.3. The van der Waals surface area contributed by atoms with Crippen LogP contribution in [0.1, 0.15) is 5.76 Å². The average molecular weight is 290 g/mol. The number of carbonyl (C=O) groups is 2. The first-order valence-corrected chi connectivity index (χ1v) is 6.88. The van der Waals surface area contributed by atoms with E-state index in [4.69, 9.17) is 4.42 Å². The zero-order valence-corrected chi connectivity index (χ0v) is 11.5. The van der Waals surface area contributed by atoms with E-state index in [0.717, 1.165) is 10.6 Å². The van der Waals surface area contributed by atoms with E-state index >= 15 is 0 Å². The molecule has 0 aliphatic carbocycles. The summed E-state index contributed by atoms with van der Waals surface area (Å²) in [5.74, 6) is -0.0329. The summed E-state index contributed by atoms with van der Waals surface area (Å²) in [5.41, 5.74) is 0. The lowest BCUT2D eigenvalue weighted by Crippen LogP contribution is -2.39. The van der Waals surface area contributed by atoms with Crippen LogP contribution in [-0.4, -0.2) is 18.4 Å². The molecule has 0 atom stereocenters. The molecule has 0 saturated carbocycles. The molecule has 6 heteroatoms. The molecule has 2 N–H and O–H groups in total. The maximum absolute atomic E-state index is 11.5. The number of thiophene rings is 1. The molecular weight excluding hydrogens is 276 g/mol. The van der Waals surface area contributed by atoms with E-state index in [1.165, 1.54) is 6.08 Å². The van der Waals surface area contributed by atoms with Crippen molar-refractivity contribution in [3.05, 3.63) is 48.1 Å². The Kier molecular flexibility index (Phi) is 4.73. The second-order valence-corrected chi connectivity index (χ2v) is 4.87. The van der Waals surface area contributed by atoms with Crippen molar-refractivity contribution in [1.82, 2.24) is 10.6 Å². The number of carbonyl (C=O) groups excluding carboxylic acids is 2. The normalized spacial score (nSPS) is 10.0. The molecule has 0 unspecified atom stereocenters. The first-order chi connectivity index (χ1) is 9.70. The number of rotatable bonds is 5. The molecule has 2 rings (SSSR count). The van der Waals surface area contributed by atoms with Gasteiger partial charge in [-0.05, 0) is 23.6 Å². The number of amides is 2. The third-order valence-corrected chi connectivity index (χ3v) is 3.35. The van der Waals surface area contributed by atoms with Gasteiger partial charge in [-0.2, -0.15) is 0 Å². The first kappa shape index (κ1) is 14.1. The van der Waals surface area contributed by atoms with Gasteiger partial charge < -0.3 is 15.1 Å². The van der Waals surface area contributed by atoms with Crippen molar-refractivity contribution in [2.75, 3.05) is 6.54 Å². The fourth-order valence-electron chi connectivity index (χ4n) is 1.52. The standard InChI is InChI=1S/C14H14N2O3S/c1-2-7-15-13(17)14(18)16-9-10-5-6-11(19-10)12-4-3-8-20-12/h2-6,8H,1,7,9H2,(H,15,17)(H,16,18). The van der Waals surface area contributed by atoms with Gasteiger partial charge in [0.1, 0.15) is 11.5 Å². The van der Waals surface area contributed by atoms with Crippen LogP contribution in [0.25, 0.3) is 10.6 Å². The summed E-state index contributed by atoms with van der Waals surface area (Å²) in [5, 5.41) is 6.85. The molecule has 5 nitrogen and oxygen atoms in total. The highest BCUT2D eigenvalue weighted by Crippen LogP contribution is 2.26. The number of hydrogen-bond acceptors (Lipinski definition) is 4. The largest absolute Gasteiger partial charge is 0.458 e. The van der Waals surface area contributed by atoms with Crippen LogP contribution in [0.15, 0.2) is 46.7 Å². The van der Waals surface area contributed by atoms with Gasteiger partial charge in [0.2, 0.25) is 0 Å². The second kappa shape index (κ2) is 6.72. The van der Waals surface area contributed by atoms with Gasteiger partial charge in [0.25, 0.3) is 0 Å². The van der Waals surface area contributed by atoms with Gasteiger partial charge >= 0.3 is 11.8 Å². The Bertz CT molecular complexity index is 602. The second-order valence-electron chi connectivity index (χ2n) is 3.92. The molecule has 2 heterocycles. The van der Waals surface area contributed by atoms with Crippen molar-refractivity contribution < 1.29 is 14.0 Å². The van der Waals surface area contributed by atoms with Crippen molar-refractivity contribution in [1.29, 1.82) is 0 Å². The molecule has 0 spiro atoms. The molecule has 0 saturated heterocycles. The highest BCUT2D eigenvalue weighted by atomic mass is 32.1. The van der Waals surface area contributed by atoms with Crippen LogP contribution in [0.3, 0.4) is 0 Å². The molecule has 0 bridgehead atoms. The van der Waals surface area contributed by atoms with Gasteiger partial charge in [0.15, 0.2) is 0 Å². The maximum atomic E-state index is 11.5. The first-order valence-electron chi connectivity index (χ1n) is 6.00. The van der Waals surface area contributed by atoms with E-state index in [1.54, 1.807) is 17.4 Å². The minimum Gasteiger partial charge on any atom is -0.458 e. The van der Waals surface area contributed by atoms with Crippen molar-refractivity contribution in [3.8, 4) is 10.6 Å². The summed E-state index contributed by atoms with van der Waals surface area (Å²) >= 11 is 1.57. The maximum Gasteiger partial charge on any atom is 0.309 e. The molecule has 0 aliphatic heterocycles. The SMILES string of the molecule is C=CCNC(=O)C(=O)NCc1ccc(-c2cccs2)o1. The minimum absolute atomic E-state index is 0.172. The van der Waals surface area contributed by atoms with Crippen molar-refractivity contribution in [3.63, 3.8) is 0 Å². The lowest BCUT2D eigenvalue weighted by Gasteiger charge is -2.03. The molecule has 0 radical (unpaired) electrons. The monoisotopic (exact) mass is 290 g/mol. The van der Waals surface area contributed by atoms with Crippen LogP contribution in [0.2, 0.25) is 0 Å². The fourth-order valence-corrected chi connectivity index (χ4v) is 2.20. The third kappa shape index (κ3) is 3.58. The molecular formula is C14H14N2O3S. The van der Waals surface area contributed by atoms with E-state index in [9.17, 15) is 9.59 Å². The van der Waals surface area contributed by atoms with Gasteiger partial charge in [-0.25, -0.2) is 0 Å². The highest BCUT2D eigenvalue weighted by molar-refractivity contribution is 7.13. The summed E-state index contributed by atoms with van der Waals surface area (Å²) in [6.07, 6.45) is 1.50. The highest BCUT2D eigenvalue weighted by Gasteiger charge is 2.13. The minimum atomic E-state index is -0.694. The Morgan fingerprint density at radius 3 is 2.75 bits per heavy atom. The summed E-state index contributed by atoms with van der Waals surface area (Å²) in [6, 6.07) is 7.50. The molecule has 20 heavy (non-hydrogen) atoms. The van der Waals surface area contributed by atoms with Gasteiger partial charge in [0, 0.05) is 6.54 Å². The van der Waals surface area contributed by atoms with Crippen molar-refractivity contribution >= 4 is 23.2 Å². The van der Waals surface area contributed by atoms with Gasteiger partial charge in [-0.1, -0.05) is 12.1 Å². The molecule has 2 aromatic rings. The number of nitrogens with one attached hydrogen (secondary N) is 2. The fraction of sp³-hybridized carbons (Fsp3) is 0.143. The van der Waals surface area contributed by atoms with Gasteiger partial charge in [0.05, 0.1) is 11.4 Å². The molecule has 0 aromatic carbocycles. The number of furan rings is 1. The van der Waals surface area contributed by atoms with Crippen LogP contribution >= 0.6 is 11.3 Å². The molecule has 104 valence electrons. The number of hydrogen-bond donors (Lipinski definition) is 2. The molecule has 0 aliphatic rings. The molecule has 2 aromatic heterocycles. The van der Waals surface area contributed by atoms with Gasteiger partial charge in [-0.15, -0.1) is 17.9 Å². The van der Waals surface area contributed by atoms with E-state index < -0.39 is 11.8 Å². The van der Waals surface area contributed by atoms with Crippen LogP contribution in [0, 0.1) is 0 Å². The Morgan fingerprint density at radius 1 is 1.25 bits per heavy atom. The van der Waals surface area contributed by atoms with Crippen LogP contribution in [-0.2, 0) is 16.1 Å². The Hall–Kier alpha value is -2.34. The Morgan fingerprint density at radius 2 is 2.05 bits per heavy atom. The Labute approximate surface area is 120 Å². The quantitative estimate of drug-likeness (QED) is 0.653. The van der Waals surface area contributed by atoms with E-state index in [-0.39, 0.29) is 13.1 Å².